The average Bonchev–Trinajstić information content (AvgIpc) is 3.74. The molecule has 8 aliphatic carbocycles. The molecule has 2 saturated carbocycles. The monoisotopic (exact) mass is 845 g/mol. The van der Waals surface area contributed by atoms with Gasteiger partial charge in [0.25, 0.3) is 0 Å². The van der Waals surface area contributed by atoms with E-state index in [4.69, 9.17) is 0 Å². The fourth-order valence-electron chi connectivity index (χ4n) is 13.4. The molecule has 0 saturated heterocycles. The van der Waals surface area contributed by atoms with Crippen molar-refractivity contribution < 1.29 is 9.59 Å². The van der Waals surface area contributed by atoms with Crippen LogP contribution in [0.15, 0.2) is 93.2 Å². The Balaban J connectivity index is 0.000000156. The number of ketones is 2. The molecule has 344 valence electrons. The number of fused-ring (bicyclic) bond motifs is 2. The molecule has 0 bridgehead atoms. The van der Waals surface area contributed by atoms with E-state index in [1.807, 2.05) is 11.1 Å². The second-order valence-electron chi connectivity index (χ2n) is 22.9. The molecule has 2 fully saturated rings. The van der Waals surface area contributed by atoms with E-state index in [-0.39, 0.29) is 0 Å². The first-order valence-corrected chi connectivity index (χ1v) is 25.7. The number of carbonyl (C=O) groups is 2. The highest BCUT2D eigenvalue weighted by Gasteiger charge is 2.40. The number of allylic oxidation sites excluding steroid dienone is 12. The van der Waals surface area contributed by atoms with Crippen LogP contribution in [0.2, 0.25) is 0 Å². The van der Waals surface area contributed by atoms with E-state index in [0.717, 1.165) is 74.0 Å². The standard InChI is InChI=1S/2C15H22O.2C15H24/c2*1-9(2)12-6-5-10(3)15-13(8-12)11(4)7-14(15)16;2*1-10(2)13-7-5-11(3)14-8-6-12(4)15(14)9-13/h11-13H,1,5-8H2,2-4H3;10-12H,1,5-8H2,2-4H3;12-13,15H,1,5-9H2,2-4H3;11-13H,1,5-9H2,2-4H3/t11-,12+,13?;10-,11-,12+;12-,13+,15?;11-,12-,13+/m0000/s1. The van der Waals surface area contributed by atoms with E-state index in [1.165, 1.54) is 122 Å². The Bertz CT molecular complexity index is 1850. The fourth-order valence-corrected chi connectivity index (χ4v) is 13.4. The Morgan fingerprint density at radius 1 is 0.403 bits per heavy atom. The maximum Gasteiger partial charge on any atom is 0.159 e. The van der Waals surface area contributed by atoms with Crippen molar-refractivity contribution in [3.63, 3.8) is 0 Å². The number of hydrogen-bond acceptors (Lipinski definition) is 2. The van der Waals surface area contributed by atoms with Gasteiger partial charge in [0.1, 0.15) is 0 Å². The summed E-state index contributed by atoms with van der Waals surface area (Å²) >= 11 is 0. The summed E-state index contributed by atoms with van der Waals surface area (Å²) in [6, 6.07) is 0. The molecule has 2 nitrogen and oxygen atoms in total. The minimum atomic E-state index is 0.414. The third-order valence-corrected chi connectivity index (χ3v) is 18.0. The lowest BCUT2D eigenvalue weighted by Gasteiger charge is -2.22. The zero-order chi connectivity index (χ0) is 45.7. The van der Waals surface area contributed by atoms with Crippen LogP contribution in [0.5, 0.6) is 0 Å². The maximum absolute atomic E-state index is 12.0. The van der Waals surface area contributed by atoms with E-state index in [2.05, 4.69) is 109 Å². The van der Waals surface area contributed by atoms with Gasteiger partial charge in [-0.05, 0) is 226 Å². The quantitative estimate of drug-likeness (QED) is 0.264. The molecule has 0 heterocycles. The summed E-state index contributed by atoms with van der Waals surface area (Å²) in [5.41, 5.74) is 17.7. The van der Waals surface area contributed by atoms with Gasteiger partial charge < -0.3 is 0 Å². The molecule has 2 unspecified atom stereocenters. The lowest BCUT2D eigenvalue weighted by molar-refractivity contribution is -0.116. The molecule has 8 rings (SSSR count). The smallest absolute Gasteiger partial charge is 0.159 e. The summed E-state index contributed by atoms with van der Waals surface area (Å²) in [6.45, 7) is 43.6. The molecular formula is C60H92O2. The predicted molar refractivity (Wildman–Crippen MR) is 268 cm³/mol. The molecule has 12 atom stereocenters. The summed E-state index contributed by atoms with van der Waals surface area (Å²) in [6.07, 6.45) is 22.0. The van der Waals surface area contributed by atoms with Crippen molar-refractivity contribution in [3.05, 3.63) is 93.2 Å². The van der Waals surface area contributed by atoms with Crippen LogP contribution in [-0.2, 0) is 9.59 Å². The van der Waals surface area contributed by atoms with Crippen LogP contribution in [0.4, 0.5) is 0 Å². The van der Waals surface area contributed by atoms with Gasteiger partial charge in [0.05, 0.1) is 0 Å². The number of rotatable bonds is 4. The minimum Gasteiger partial charge on any atom is -0.295 e. The second kappa shape index (κ2) is 22.0. The van der Waals surface area contributed by atoms with Crippen LogP contribution in [0.3, 0.4) is 0 Å². The highest BCUT2D eigenvalue weighted by molar-refractivity contribution is 6.00. The van der Waals surface area contributed by atoms with Crippen LogP contribution in [0.25, 0.3) is 0 Å². The van der Waals surface area contributed by atoms with Gasteiger partial charge in [-0.3, -0.25) is 9.59 Å². The van der Waals surface area contributed by atoms with Gasteiger partial charge in [-0.15, -0.1) is 0 Å². The van der Waals surface area contributed by atoms with Crippen LogP contribution in [0.1, 0.15) is 199 Å². The Hall–Kier alpha value is -2.74. The van der Waals surface area contributed by atoms with Crippen molar-refractivity contribution in [2.24, 2.45) is 71.0 Å². The van der Waals surface area contributed by atoms with Crippen molar-refractivity contribution in [2.45, 2.75) is 199 Å². The molecule has 0 aromatic heterocycles. The van der Waals surface area contributed by atoms with Crippen molar-refractivity contribution >= 4 is 11.6 Å². The van der Waals surface area contributed by atoms with Gasteiger partial charge in [-0.1, -0.05) is 124 Å². The summed E-state index contributed by atoms with van der Waals surface area (Å²) < 4.78 is 0. The molecule has 0 radical (unpaired) electrons. The molecule has 0 spiro atoms. The van der Waals surface area contributed by atoms with Crippen molar-refractivity contribution in [3.8, 4) is 0 Å². The lowest BCUT2D eigenvalue weighted by Crippen LogP contribution is -2.12. The second-order valence-corrected chi connectivity index (χ2v) is 22.9. The first kappa shape index (κ1) is 50.3. The number of carbonyl (C=O) groups excluding carboxylic acids is 2. The van der Waals surface area contributed by atoms with Gasteiger partial charge >= 0.3 is 0 Å². The highest BCUT2D eigenvalue weighted by atomic mass is 16.1. The van der Waals surface area contributed by atoms with Gasteiger partial charge in [0, 0.05) is 12.8 Å². The third kappa shape index (κ3) is 11.9. The largest absolute Gasteiger partial charge is 0.295 e. The highest BCUT2D eigenvalue weighted by Crippen LogP contribution is 2.49. The van der Waals surface area contributed by atoms with E-state index in [1.54, 1.807) is 11.1 Å². The Labute approximate surface area is 382 Å². The molecule has 0 aliphatic heterocycles. The van der Waals surface area contributed by atoms with E-state index >= 15 is 0 Å². The third-order valence-electron chi connectivity index (χ3n) is 18.0. The van der Waals surface area contributed by atoms with Crippen molar-refractivity contribution in [2.75, 3.05) is 0 Å². The molecule has 62 heavy (non-hydrogen) atoms. The van der Waals surface area contributed by atoms with E-state index < -0.39 is 0 Å². The summed E-state index contributed by atoms with van der Waals surface area (Å²) in [5, 5.41) is 0. The Kier molecular flexibility index (Phi) is 17.8. The van der Waals surface area contributed by atoms with E-state index in [0.29, 0.717) is 47.1 Å². The first-order valence-electron chi connectivity index (χ1n) is 25.7. The topological polar surface area (TPSA) is 34.1 Å². The minimum absolute atomic E-state index is 0.414. The first-order chi connectivity index (χ1) is 29.2. The van der Waals surface area contributed by atoms with Gasteiger partial charge in [0.15, 0.2) is 11.6 Å². The molecule has 2 heteroatoms. The van der Waals surface area contributed by atoms with Crippen LogP contribution >= 0.6 is 0 Å². The maximum atomic E-state index is 12.0. The average molecular weight is 845 g/mol. The fraction of sp³-hybridized carbons (Fsp3) is 0.700. The Morgan fingerprint density at radius 2 is 0.887 bits per heavy atom. The SMILES string of the molecule is C=C(C)[C@@H]1CCC(C)=C2C(=O)C[C@H](C)C2C1.C=C(C)[C@@H]1CCC(C)=C2CC[C@H](C)C2C1.C=C(C)[C@@H]1CC[C@H](C)C2=C(C1)[C@@H](C)CC2.C=C(C)[C@@H]1CC[C@H](C)C2=C(C1)[C@@H](C)CC2=O. The molecule has 0 aromatic carbocycles. The summed E-state index contributed by atoms with van der Waals surface area (Å²) in [7, 11) is 0. The molecule has 0 N–H and O–H groups in total. The van der Waals surface area contributed by atoms with Gasteiger partial charge in [0.2, 0.25) is 0 Å². The predicted octanol–water partition coefficient (Wildman–Crippen LogP) is 17.3. The van der Waals surface area contributed by atoms with Crippen molar-refractivity contribution in [1.29, 1.82) is 0 Å². The summed E-state index contributed by atoms with van der Waals surface area (Å²) in [5.74, 6) is 9.07. The lowest BCUT2D eigenvalue weighted by atomic mass is 9.83. The zero-order valence-electron chi connectivity index (χ0n) is 42.3. The number of hydrogen-bond donors (Lipinski definition) is 0. The normalized spacial score (nSPS) is 35.6. The molecular weight excluding hydrogens is 753 g/mol. The van der Waals surface area contributed by atoms with Crippen molar-refractivity contribution in [1.82, 2.24) is 0 Å². The number of Topliss-reactive ketones (excluding diaryl/α,β-unsaturated/α-hetero) is 2. The Morgan fingerprint density at radius 3 is 1.47 bits per heavy atom. The van der Waals surface area contributed by atoms with Crippen LogP contribution < -0.4 is 0 Å². The molecule has 0 aromatic rings. The van der Waals surface area contributed by atoms with Crippen LogP contribution in [0, 0.1) is 71.0 Å². The van der Waals surface area contributed by atoms with Crippen LogP contribution in [-0.4, -0.2) is 11.6 Å². The molecule has 0 amide bonds. The van der Waals surface area contributed by atoms with E-state index in [9.17, 15) is 9.59 Å². The summed E-state index contributed by atoms with van der Waals surface area (Å²) in [4.78, 5) is 24.0. The zero-order valence-corrected chi connectivity index (χ0v) is 42.3. The van der Waals surface area contributed by atoms with Gasteiger partial charge in [-0.25, -0.2) is 0 Å². The molecule has 8 aliphatic rings. The van der Waals surface area contributed by atoms with Gasteiger partial charge in [-0.2, -0.15) is 0 Å².